The summed E-state index contributed by atoms with van der Waals surface area (Å²) in [6, 6.07) is 15.0. The number of para-hydroxylation sites is 1. The minimum Gasteiger partial charge on any atom is -0.374 e. The molecular weight excluding hydrogens is 352 g/mol. The summed E-state index contributed by atoms with van der Waals surface area (Å²) in [4.78, 5) is 14.7. The van der Waals surface area contributed by atoms with Gasteiger partial charge in [0.2, 0.25) is 5.91 Å². The number of hydrogen-bond donors (Lipinski definition) is 0. The lowest BCUT2D eigenvalue weighted by Gasteiger charge is -2.23. The molecule has 0 saturated carbocycles. The molecular formula is C19H17ClN4O2. The Morgan fingerprint density at radius 1 is 1.12 bits per heavy atom. The number of ether oxygens (including phenoxy) is 1. The van der Waals surface area contributed by atoms with E-state index in [9.17, 15) is 4.79 Å². The van der Waals surface area contributed by atoms with Gasteiger partial charge in [-0.15, -0.1) is 10.2 Å². The highest BCUT2D eigenvalue weighted by Crippen LogP contribution is 2.37. The number of benzene rings is 2. The summed E-state index contributed by atoms with van der Waals surface area (Å²) in [7, 11) is 0. The Labute approximate surface area is 156 Å². The van der Waals surface area contributed by atoms with Gasteiger partial charge in [-0.3, -0.25) is 14.3 Å². The fraction of sp³-hybridized carbons (Fsp3) is 0.211. The number of fused-ring (bicyclic) bond motifs is 3. The van der Waals surface area contributed by atoms with E-state index in [1.807, 2.05) is 47.9 Å². The van der Waals surface area contributed by atoms with Gasteiger partial charge in [0.1, 0.15) is 12.4 Å². The standard InChI is InChI=1S/C19H17ClN4O2/c1-2-26-12-18-22-21-17-11-19(25)23(14-6-4-3-5-7-14)16-10-13(20)8-9-15(16)24(17)18/h3-10H,2,11-12H2,1H3. The summed E-state index contributed by atoms with van der Waals surface area (Å²) in [5, 5.41) is 8.99. The van der Waals surface area contributed by atoms with Crippen LogP contribution in [0.15, 0.2) is 48.5 Å². The molecule has 6 nitrogen and oxygen atoms in total. The van der Waals surface area contributed by atoms with Gasteiger partial charge in [0, 0.05) is 17.3 Å². The van der Waals surface area contributed by atoms with Crippen LogP contribution in [-0.4, -0.2) is 27.3 Å². The molecule has 0 N–H and O–H groups in total. The quantitative estimate of drug-likeness (QED) is 0.704. The second-order valence-corrected chi connectivity index (χ2v) is 6.32. The topological polar surface area (TPSA) is 60.3 Å². The average Bonchev–Trinajstić information content (AvgIpc) is 2.98. The van der Waals surface area contributed by atoms with Crippen LogP contribution in [-0.2, 0) is 22.6 Å². The smallest absolute Gasteiger partial charge is 0.239 e. The molecule has 1 aliphatic rings. The SMILES string of the molecule is CCOCc1nnc2n1-c1ccc(Cl)cc1N(c1ccccc1)C(=O)C2. The first-order valence-corrected chi connectivity index (χ1v) is 8.75. The van der Waals surface area contributed by atoms with Crippen molar-refractivity contribution in [2.24, 2.45) is 0 Å². The van der Waals surface area contributed by atoms with Crippen molar-refractivity contribution < 1.29 is 9.53 Å². The van der Waals surface area contributed by atoms with E-state index in [1.165, 1.54) is 0 Å². The van der Waals surface area contributed by atoms with Gasteiger partial charge in [-0.2, -0.15) is 0 Å². The van der Waals surface area contributed by atoms with E-state index >= 15 is 0 Å². The maximum Gasteiger partial charge on any atom is 0.239 e. The second kappa shape index (κ2) is 6.90. The molecule has 3 aromatic rings. The number of rotatable bonds is 4. The van der Waals surface area contributed by atoms with Crippen molar-refractivity contribution >= 4 is 28.9 Å². The third-order valence-electron chi connectivity index (χ3n) is 4.22. The van der Waals surface area contributed by atoms with E-state index in [0.29, 0.717) is 35.6 Å². The van der Waals surface area contributed by atoms with Gasteiger partial charge in [0.15, 0.2) is 5.82 Å². The Morgan fingerprint density at radius 2 is 1.92 bits per heavy atom. The highest BCUT2D eigenvalue weighted by Gasteiger charge is 2.30. The van der Waals surface area contributed by atoms with Crippen LogP contribution in [0.5, 0.6) is 0 Å². The molecule has 0 radical (unpaired) electrons. The summed E-state index contributed by atoms with van der Waals surface area (Å²) < 4.78 is 7.40. The molecule has 0 aliphatic carbocycles. The van der Waals surface area contributed by atoms with Crippen molar-refractivity contribution in [1.29, 1.82) is 0 Å². The van der Waals surface area contributed by atoms with Crippen LogP contribution in [0.1, 0.15) is 18.6 Å². The second-order valence-electron chi connectivity index (χ2n) is 5.88. The van der Waals surface area contributed by atoms with Gasteiger partial charge >= 0.3 is 0 Å². The minimum atomic E-state index is -0.0890. The molecule has 0 saturated heterocycles. The molecule has 0 spiro atoms. The fourth-order valence-electron chi connectivity index (χ4n) is 3.11. The molecule has 2 heterocycles. The Hall–Kier alpha value is -2.70. The van der Waals surface area contributed by atoms with Crippen molar-refractivity contribution in [3.05, 3.63) is 65.2 Å². The maximum absolute atomic E-state index is 13.0. The predicted molar refractivity (Wildman–Crippen MR) is 99.0 cm³/mol. The van der Waals surface area contributed by atoms with E-state index in [0.717, 1.165) is 11.4 Å². The molecule has 26 heavy (non-hydrogen) atoms. The molecule has 7 heteroatoms. The third kappa shape index (κ3) is 2.87. The first-order valence-electron chi connectivity index (χ1n) is 8.38. The van der Waals surface area contributed by atoms with Crippen molar-refractivity contribution in [2.75, 3.05) is 11.5 Å². The largest absolute Gasteiger partial charge is 0.374 e. The first-order chi connectivity index (χ1) is 12.7. The van der Waals surface area contributed by atoms with Crippen LogP contribution in [0.25, 0.3) is 5.69 Å². The fourth-order valence-corrected chi connectivity index (χ4v) is 3.27. The molecule has 0 unspecified atom stereocenters. The van der Waals surface area contributed by atoms with Crippen LogP contribution in [0, 0.1) is 0 Å². The molecule has 1 aliphatic heterocycles. The monoisotopic (exact) mass is 368 g/mol. The zero-order valence-electron chi connectivity index (χ0n) is 14.2. The molecule has 0 atom stereocenters. The van der Waals surface area contributed by atoms with Crippen molar-refractivity contribution in [1.82, 2.24) is 14.8 Å². The molecule has 0 fully saturated rings. The molecule has 0 bridgehead atoms. The van der Waals surface area contributed by atoms with Gasteiger partial charge < -0.3 is 4.74 Å². The number of amides is 1. The lowest BCUT2D eigenvalue weighted by atomic mass is 10.2. The molecule has 1 aromatic heterocycles. The molecule has 4 rings (SSSR count). The van der Waals surface area contributed by atoms with Crippen LogP contribution >= 0.6 is 11.6 Å². The maximum atomic E-state index is 13.0. The molecule has 132 valence electrons. The van der Waals surface area contributed by atoms with Crippen LogP contribution in [0.4, 0.5) is 11.4 Å². The Balaban J connectivity index is 1.93. The van der Waals surface area contributed by atoms with Gasteiger partial charge in [-0.25, -0.2) is 0 Å². The van der Waals surface area contributed by atoms with Gasteiger partial charge in [0.25, 0.3) is 0 Å². The Kier molecular flexibility index (Phi) is 4.44. The lowest BCUT2D eigenvalue weighted by Crippen LogP contribution is -2.26. The number of aromatic nitrogens is 3. The predicted octanol–water partition coefficient (Wildman–Crippen LogP) is 3.68. The molecule has 2 aromatic carbocycles. The first kappa shape index (κ1) is 16.8. The summed E-state index contributed by atoms with van der Waals surface area (Å²) in [5.41, 5.74) is 2.29. The van der Waals surface area contributed by atoms with Crippen molar-refractivity contribution in [3.63, 3.8) is 0 Å². The Morgan fingerprint density at radius 3 is 2.69 bits per heavy atom. The number of halogens is 1. The number of carbonyl (C=O) groups excluding carboxylic acids is 1. The highest BCUT2D eigenvalue weighted by atomic mass is 35.5. The Bertz CT molecular complexity index is 955. The van der Waals surface area contributed by atoms with Crippen LogP contribution in [0.2, 0.25) is 5.02 Å². The van der Waals surface area contributed by atoms with Gasteiger partial charge in [0.05, 0.1) is 17.8 Å². The molecule has 1 amide bonds. The summed E-state index contributed by atoms with van der Waals surface area (Å²) >= 11 is 6.25. The average molecular weight is 369 g/mol. The van der Waals surface area contributed by atoms with E-state index in [4.69, 9.17) is 16.3 Å². The van der Waals surface area contributed by atoms with Crippen LogP contribution in [0.3, 0.4) is 0 Å². The van der Waals surface area contributed by atoms with Gasteiger partial charge in [-0.05, 0) is 37.3 Å². The van der Waals surface area contributed by atoms with E-state index in [2.05, 4.69) is 10.2 Å². The number of anilines is 2. The summed E-state index contributed by atoms with van der Waals surface area (Å²) in [6.45, 7) is 2.82. The van der Waals surface area contributed by atoms with Crippen molar-refractivity contribution in [2.45, 2.75) is 20.0 Å². The summed E-state index contributed by atoms with van der Waals surface area (Å²) in [6.07, 6.45) is 0.139. The zero-order valence-corrected chi connectivity index (χ0v) is 15.0. The number of hydrogen-bond acceptors (Lipinski definition) is 4. The minimum absolute atomic E-state index is 0.0890. The van der Waals surface area contributed by atoms with E-state index in [1.54, 1.807) is 17.0 Å². The van der Waals surface area contributed by atoms with E-state index < -0.39 is 0 Å². The lowest BCUT2D eigenvalue weighted by molar-refractivity contribution is -0.117. The highest BCUT2D eigenvalue weighted by molar-refractivity contribution is 6.31. The zero-order chi connectivity index (χ0) is 18.1. The number of carbonyl (C=O) groups is 1. The van der Waals surface area contributed by atoms with E-state index in [-0.39, 0.29) is 12.3 Å². The van der Waals surface area contributed by atoms with Gasteiger partial charge in [-0.1, -0.05) is 29.8 Å². The normalized spacial score (nSPS) is 13.3. The van der Waals surface area contributed by atoms with Crippen LogP contribution < -0.4 is 4.90 Å². The number of nitrogens with zero attached hydrogens (tertiary/aromatic N) is 4. The summed E-state index contributed by atoms with van der Waals surface area (Å²) in [5.74, 6) is 1.16. The van der Waals surface area contributed by atoms with Crippen molar-refractivity contribution in [3.8, 4) is 5.69 Å². The third-order valence-corrected chi connectivity index (χ3v) is 4.46.